The number of carbonyl (C=O) groups is 3. The zero-order valence-corrected chi connectivity index (χ0v) is 12.6. The third kappa shape index (κ3) is 4.32. The zero-order valence-electron chi connectivity index (χ0n) is 12.6. The Labute approximate surface area is 120 Å². The van der Waals surface area contributed by atoms with Crippen LogP contribution in [0.4, 0.5) is 0 Å². The first-order valence-electron chi connectivity index (χ1n) is 7.33. The second-order valence-electron chi connectivity index (χ2n) is 6.39. The van der Waals surface area contributed by atoms with Gasteiger partial charge in [0.25, 0.3) is 0 Å². The summed E-state index contributed by atoms with van der Waals surface area (Å²) in [6.45, 7) is 6.40. The maximum absolute atomic E-state index is 12.4. The molecule has 0 unspecified atom stereocenters. The van der Waals surface area contributed by atoms with Crippen LogP contribution in [0, 0.1) is 11.3 Å². The summed E-state index contributed by atoms with van der Waals surface area (Å²) < 4.78 is 0. The number of nitrogens with zero attached hydrogens (tertiary/aromatic N) is 1. The van der Waals surface area contributed by atoms with Crippen LogP contribution >= 0.6 is 0 Å². The van der Waals surface area contributed by atoms with E-state index < -0.39 is 11.4 Å². The molecular formula is C15H25NO4. The quantitative estimate of drug-likeness (QED) is 0.548. The van der Waals surface area contributed by atoms with E-state index in [9.17, 15) is 14.4 Å². The number of hydrogen-bond acceptors (Lipinski definition) is 3. The number of hydrogen-bond donors (Lipinski definition) is 1. The normalized spacial score (nSPS) is 22.9. The average Bonchev–Trinajstić information content (AvgIpc) is 2.50. The van der Waals surface area contributed by atoms with E-state index in [1.165, 1.54) is 4.90 Å². The minimum absolute atomic E-state index is 0.0607. The van der Waals surface area contributed by atoms with Crippen LogP contribution in [-0.4, -0.2) is 34.3 Å². The highest BCUT2D eigenvalue weighted by atomic mass is 16.4. The summed E-state index contributed by atoms with van der Waals surface area (Å²) in [5.41, 5.74) is -0.549. The largest absolute Gasteiger partial charge is 0.481 e. The van der Waals surface area contributed by atoms with Gasteiger partial charge in [-0.15, -0.1) is 0 Å². The number of unbranched alkanes of at least 4 members (excludes halogenated alkanes) is 2. The molecule has 1 aliphatic heterocycles. The van der Waals surface area contributed by atoms with Gasteiger partial charge in [0, 0.05) is 19.4 Å². The predicted molar refractivity (Wildman–Crippen MR) is 75.0 cm³/mol. The van der Waals surface area contributed by atoms with Gasteiger partial charge in [0.05, 0.1) is 5.41 Å². The Morgan fingerprint density at radius 1 is 1.30 bits per heavy atom. The monoisotopic (exact) mass is 283 g/mol. The van der Waals surface area contributed by atoms with Crippen LogP contribution in [0.25, 0.3) is 0 Å². The molecule has 5 nitrogen and oxygen atoms in total. The number of carbonyl (C=O) groups excluding carboxylic acids is 2. The van der Waals surface area contributed by atoms with E-state index in [-0.39, 0.29) is 18.2 Å². The lowest BCUT2D eigenvalue weighted by molar-refractivity contribution is -0.142. The van der Waals surface area contributed by atoms with Crippen molar-refractivity contribution in [2.45, 2.75) is 59.3 Å². The summed E-state index contributed by atoms with van der Waals surface area (Å²) in [6.07, 6.45) is 3.18. The van der Waals surface area contributed by atoms with Gasteiger partial charge >= 0.3 is 5.97 Å². The Morgan fingerprint density at radius 2 is 1.95 bits per heavy atom. The Kier molecular flexibility index (Phi) is 5.72. The number of carboxylic acids is 1. The molecular weight excluding hydrogens is 258 g/mol. The van der Waals surface area contributed by atoms with Crippen LogP contribution in [0.15, 0.2) is 0 Å². The Morgan fingerprint density at radius 3 is 2.50 bits per heavy atom. The van der Waals surface area contributed by atoms with Gasteiger partial charge in [-0.1, -0.05) is 27.2 Å². The first-order chi connectivity index (χ1) is 9.26. The van der Waals surface area contributed by atoms with Gasteiger partial charge in [-0.25, -0.2) is 0 Å². The Bertz CT molecular complexity index is 391. The molecule has 114 valence electrons. The van der Waals surface area contributed by atoms with Crippen molar-refractivity contribution in [2.24, 2.45) is 11.3 Å². The number of amides is 2. The molecule has 1 fully saturated rings. The fourth-order valence-corrected chi connectivity index (χ4v) is 2.95. The molecule has 1 saturated heterocycles. The first kappa shape index (κ1) is 16.7. The van der Waals surface area contributed by atoms with E-state index in [1.807, 2.05) is 6.92 Å². The summed E-state index contributed by atoms with van der Waals surface area (Å²) in [6, 6.07) is 0. The van der Waals surface area contributed by atoms with Gasteiger partial charge in [-0.2, -0.15) is 0 Å². The smallest absolute Gasteiger partial charge is 0.303 e. The molecule has 2 amide bonds. The Hall–Kier alpha value is -1.39. The molecule has 1 N–H and O–H groups in total. The van der Waals surface area contributed by atoms with E-state index >= 15 is 0 Å². The minimum atomic E-state index is -0.803. The van der Waals surface area contributed by atoms with Gasteiger partial charge in [0.1, 0.15) is 0 Å². The summed E-state index contributed by atoms with van der Waals surface area (Å²) in [5.74, 6) is -0.569. The molecule has 1 atom stereocenters. The maximum Gasteiger partial charge on any atom is 0.303 e. The fourth-order valence-electron chi connectivity index (χ4n) is 2.95. The fraction of sp³-hybridized carbons (Fsp3) is 0.800. The van der Waals surface area contributed by atoms with Crippen molar-refractivity contribution in [2.75, 3.05) is 6.54 Å². The summed E-state index contributed by atoms with van der Waals surface area (Å²) in [7, 11) is 0. The molecule has 5 heteroatoms. The molecule has 0 bridgehead atoms. The predicted octanol–water partition coefficient (Wildman–Crippen LogP) is 2.44. The highest BCUT2D eigenvalue weighted by molar-refractivity contribution is 6.05. The van der Waals surface area contributed by atoms with Crippen molar-refractivity contribution >= 4 is 17.8 Å². The van der Waals surface area contributed by atoms with Crippen molar-refractivity contribution in [3.8, 4) is 0 Å². The molecule has 0 saturated carbocycles. The van der Waals surface area contributed by atoms with E-state index in [4.69, 9.17) is 5.11 Å². The van der Waals surface area contributed by atoms with Gasteiger partial charge in [-0.3, -0.25) is 19.3 Å². The number of rotatable bonds is 8. The van der Waals surface area contributed by atoms with Crippen LogP contribution in [0.2, 0.25) is 0 Å². The lowest BCUT2D eigenvalue weighted by Gasteiger charge is -2.23. The van der Waals surface area contributed by atoms with Crippen LogP contribution in [0.1, 0.15) is 59.3 Å². The molecule has 0 aromatic carbocycles. The zero-order chi connectivity index (χ0) is 15.3. The molecule has 0 spiro atoms. The number of aliphatic carboxylic acids is 1. The molecule has 0 aromatic heterocycles. The first-order valence-corrected chi connectivity index (χ1v) is 7.33. The van der Waals surface area contributed by atoms with Crippen LogP contribution in [-0.2, 0) is 14.4 Å². The molecule has 20 heavy (non-hydrogen) atoms. The van der Waals surface area contributed by atoms with E-state index in [2.05, 4.69) is 13.8 Å². The molecule has 0 aliphatic carbocycles. The SMILES string of the molecule is CC(C)C[C@]1(C)CC(=O)N(CCCCCC(=O)O)C1=O. The van der Waals surface area contributed by atoms with E-state index in [0.29, 0.717) is 31.7 Å². The number of imide groups is 1. The van der Waals surface area contributed by atoms with Gasteiger partial charge in [-0.05, 0) is 25.2 Å². The minimum Gasteiger partial charge on any atom is -0.481 e. The van der Waals surface area contributed by atoms with Crippen LogP contribution < -0.4 is 0 Å². The molecule has 1 aliphatic rings. The summed E-state index contributed by atoms with van der Waals surface area (Å²) in [4.78, 5) is 36.1. The molecule has 0 radical (unpaired) electrons. The van der Waals surface area contributed by atoms with Gasteiger partial charge < -0.3 is 5.11 Å². The summed E-state index contributed by atoms with van der Waals surface area (Å²) >= 11 is 0. The molecule has 1 heterocycles. The highest BCUT2D eigenvalue weighted by Crippen LogP contribution is 2.38. The van der Waals surface area contributed by atoms with E-state index in [1.54, 1.807) is 0 Å². The van der Waals surface area contributed by atoms with Gasteiger partial charge in [0.15, 0.2) is 0 Å². The second-order valence-corrected chi connectivity index (χ2v) is 6.39. The van der Waals surface area contributed by atoms with Crippen molar-refractivity contribution < 1.29 is 19.5 Å². The Balaban J connectivity index is 2.45. The third-order valence-electron chi connectivity index (χ3n) is 3.74. The number of carboxylic acid groups (broad SMARTS) is 1. The van der Waals surface area contributed by atoms with Crippen molar-refractivity contribution in [1.29, 1.82) is 0 Å². The lowest BCUT2D eigenvalue weighted by Crippen LogP contribution is -2.35. The maximum atomic E-state index is 12.4. The number of likely N-dealkylation sites (tertiary alicyclic amines) is 1. The summed E-state index contributed by atoms with van der Waals surface area (Å²) in [5, 5.41) is 8.54. The van der Waals surface area contributed by atoms with Crippen LogP contribution in [0.5, 0.6) is 0 Å². The van der Waals surface area contributed by atoms with E-state index in [0.717, 1.165) is 12.8 Å². The average molecular weight is 283 g/mol. The van der Waals surface area contributed by atoms with Crippen molar-refractivity contribution in [3.05, 3.63) is 0 Å². The molecule has 1 rings (SSSR count). The third-order valence-corrected chi connectivity index (χ3v) is 3.74. The van der Waals surface area contributed by atoms with Crippen molar-refractivity contribution in [3.63, 3.8) is 0 Å². The topological polar surface area (TPSA) is 74.7 Å². The van der Waals surface area contributed by atoms with Crippen molar-refractivity contribution in [1.82, 2.24) is 4.90 Å². The highest BCUT2D eigenvalue weighted by Gasteiger charge is 2.47. The van der Waals surface area contributed by atoms with Gasteiger partial charge in [0.2, 0.25) is 11.8 Å². The molecule has 0 aromatic rings. The van der Waals surface area contributed by atoms with Crippen LogP contribution in [0.3, 0.4) is 0 Å². The standard InChI is InChI=1S/C15H25NO4/c1-11(2)9-15(3)10-12(17)16(14(15)20)8-6-4-5-7-13(18)19/h11H,4-10H2,1-3H3,(H,18,19)/t15-/m1/s1. The lowest BCUT2D eigenvalue weighted by atomic mass is 9.80. The second kappa shape index (κ2) is 6.86.